The van der Waals surface area contributed by atoms with Gasteiger partial charge in [-0.2, -0.15) is 0 Å². The molecular weight excluding hydrogens is 456 g/mol. The standard InChI is InChI=1S/2C10H20O5Si/c2*1-7-9(15-10(11)8(2)3)16(12-4,13-5)14-6/h2*9H,2,7H2,1,3-6H3. The van der Waals surface area contributed by atoms with Gasteiger partial charge in [-0.15, -0.1) is 0 Å². The Morgan fingerprint density at radius 3 is 0.969 bits per heavy atom. The molecule has 32 heavy (non-hydrogen) atoms. The van der Waals surface area contributed by atoms with Crippen molar-refractivity contribution in [2.75, 3.05) is 42.7 Å². The molecule has 0 aliphatic heterocycles. The summed E-state index contributed by atoms with van der Waals surface area (Å²) in [5.74, 6) is -0.926. The third-order valence-corrected chi connectivity index (χ3v) is 10.5. The van der Waals surface area contributed by atoms with Crippen LogP contribution in [0.2, 0.25) is 0 Å². The van der Waals surface area contributed by atoms with Crippen LogP contribution in [0.3, 0.4) is 0 Å². The van der Waals surface area contributed by atoms with Gasteiger partial charge in [-0.25, -0.2) is 9.59 Å². The first-order valence-electron chi connectivity index (χ1n) is 9.98. The predicted octanol–water partition coefficient (Wildman–Crippen LogP) is 2.60. The van der Waals surface area contributed by atoms with E-state index in [2.05, 4.69) is 13.2 Å². The Balaban J connectivity index is 0. The van der Waals surface area contributed by atoms with Crippen molar-refractivity contribution in [3.05, 3.63) is 24.3 Å². The van der Waals surface area contributed by atoms with Crippen LogP contribution >= 0.6 is 0 Å². The van der Waals surface area contributed by atoms with Crippen LogP contribution in [0.4, 0.5) is 0 Å². The summed E-state index contributed by atoms with van der Waals surface area (Å²) in [4.78, 5) is 22.9. The highest BCUT2D eigenvalue weighted by molar-refractivity contribution is 6.62. The monoisotopic (exact) mass is 496 g/mol. The minimum absolute atomic E-state index is 0.338. The quantitative estimate of drug-likeness (QED) is 0.202. The lowest BCUT2D eigenvalue weighted by molar-refractivity contribution is -0.144. The van der Waals surface area contributed by atoms with Crippen molar-refractivity contribution in [3.63, 3.8) is 0 Å². The molecule has 0 aromatic carbocycles. The van der Waals surface area contributed by atoms with E-state index in [0.717, 1.165) is 0 Å². The van der Waals surface area contributed by atoms with Gasteiger partial charge in [0.1, 0.15) is 0 Å². The molecule has 0 spiro atoms. The van der Waals surface area contributed by atoms with E-state index in [9.17, 15) is 9.59 Å². The largest absolute Gasteiger partial charge is 0.543 e. The molecule has 0 fully saturated rings. The Morgan fingerprint density at radius 2 is 0.844 bits per heavy atom. The molecule has 0 N–H and O–H groups in total. The first-order chi connectivity index (χ1) is 14.9. The Labute approximate surface area is 194 Å². The smallest absolute Gasteiger partial charge is 0.454 e. The average Bonchev–Trinajstić information content (AvgIpc) is 2.80. The van der Waals surface area contributed by atoms with E-state index in [1.54, 1.807) is 13.8 Å². The maximum Gasteiger partial charge on any atom is 0.543 e. The molecule has 2 atom stereocenters. The lowest BCUT2D eigenvalue weighted by Crippen LogP contribution is -2.56. The molecular formula is C20H40O10Si2. The second-order valence-electron chi connectivity index (χ2n) is 6.60. The van der Waals surface area contributed by atoms with Crippen LogP contribution in [0.15, 0.2) is 24.3 Å². The maximum absolute atomic E-state index is 11.4. The summed E-state index contributed by atoms with van der Waals surface area (Å²) in [6.07, 6.45) is 1.11. The van der Waals surface area contributed by atoms with Gasteiger partial charge in [0, 0.05) is 53.8 Å². The van der Waals surface area contributed by atoms with Gasteiger partial charge in [0.15, 0.2) is 11.5 Å². The summed E-state index contributed by atoms with van der Waals surface area (Å²) < 4.78 is 42.0. The number of ether oxygens (including phenoxy) is 2. The minimum atomic E-state index is -2.94. The molecule has 0 saturated heterocycles. The fourth-order valence-corrected chi connectivity index (χ4v) is 6.64. The molecule has 10 nitrogen and oxygen atoms in total. The molecule has 0 amide bonds. The topological polar surface area (TPSA) is 108 Å². The van der Waals surface area contributed by atoms with Crippen LogP contribution in [0.5, 0.6) is 0 Å². The number of carbonyl (C=O) groups is 2. The summed E-state index contributed by atoms with van der Waals surface area (Å²) in [7, 11) is 3.02. The summed E-state index contributed by atoms with van der Waals surface area (Å²) in [6, 6.07) is 0. The fraction of sp³-hybridized carbons (Fsp3) is 0.700. The van der Waals surface area contributed by atoms with Crippen molar-refractivity contribution in [1.29, 1.82) is 0 Å². The molecule has 2 unspecified atom stereocenters. The number of carbonyl (C=O) groups excluding carboxylic acids is 2. The number of hydrogen-bond donors (Lipinski definition) is 0. The van der Waals surface area contributed by atoms with Gasteiger partial charge in [-0.05, 0) is 26.7 Å². The van der Waals surface area contributed by atoms with Gasteiger partial charge in [0.05, 0.1) is 0 Å². The summed E-state index contributed by atoms with van der Waals surface area (Å²) in [5, 5.41) is 0. The first kappa shape index (κ1) is 32.8. The van der Waals surface area contributed by atoms with E-state index >= 15 is 0 Å². The molecule has 0 rings (SSSR count). The van der Waals surface area contributed by atoms with E-state index in [1.165, 1.54) is 42.7 Å². The number of hydrogen-bond acceptors (Lipinski definition) is 10. The first-order valence-corrected chi connectivity index (χ1v) is 13.6. The summed E-state index contributed by atoms with van der Waals surface area (Å²) in [5.41, 5.74) is -0.359. The maximum atomic E-state index is 11.4. The second kappa shape index (κ2) is 16.3. The zero-order chi connectivity index (χ0) is 25.5. The Bertz CT molecular complexity index is 535. The van der Waals surface area contributed by atoms with E-state index in [4.69, 9.17) is 36.0 Å². The van der Waals surface area contributed by atoms with Crippen LogP contribution in [-0.2, 0) is 45.6 Å². The summed E-state index contributed by atoms with van der Waals surface area (Å²) >= 11 is 0. The van der Waals surface area contributed by atoms with E-state index in [0.29, 0.717) is 24.0 Å². The molecule has 0 heterocycles. The van der Waals surface area contributed by atoms with Crippen molar-refractivity contribution in [2.24, 2.45) is 0 Å². The number of esters is 2. The highest BCUT2D eigenvalue weighted by atomic mass is 28.4. The second-order valence-corrected chi connectivity index (χ2v) is 12.7. The Hall–Kier alpha value is -1.39. The average molecular weight is 497 g/mol. The molecule has 12 heteroatoms. The van der Waals surface area contributed by atoms with Crippen molar-refractivity contribution < 1.29 is 45.6 Å². The van der Waals surface area contributed by atoms with Gasteiger partial charge >= 0.3 is 29.5 Å². The van der Waals surface area contributed by atoms with Crippen LogP contribution in [0, 0.1) is 0 Å². The van der Waals surface area contributed by atoms with Crippen molar-refractivity contribution in [3.8, 4) is 0 Å². The Morgan fingerprint density at radius 1 is 0.625 bits per heavy atom. The minimum Gasteiger partial charge on any atom is -0.454 e. The molecule has 0 aromatic heterocycles. The predicted molar refractivity (Wildman–Crippen MR) is 124 cm³/mol. The highest BCUT2D eigenvalue weighted by Crippen LogP contribution is 2.20. The molecule has 0 radical (unpaired) electrons. The third kappa shape index (κ3) is 9.23. The van der Waals surface area contributed by atoms with Crippen LogP contribution in [-0.4, -0.2) is 83.7 Å². The van der Waals surface area contributed by atoms with Gasteiger partial charge in [0.25, 0.3) is 0 Å². The molecule has 0 bridgehead atoms. The molecule has 0 saturated carbocycles. The number of rotatable bonds is 14. The summed E-state index contributed by atoms with van der Waals surface area (Å²) in [6.45, 7) is 14.0. The van der Waals surface area contributed by atoms with Crippen molar-refractivity contribution >= 4 is 29.5 Å². The van der Waals surface area contributed by atoms with Crippen molar-refractivity contribution in [1.82, 2.24) is 0 Å². The van der Waals surface area contributed by atoms with Crippen LogP contribution < -0.4 is 0 Å². The van der Waals surface area contributed by atoms with Gasteiger partial charge in [-0.3, -0.25) is 0 Å². The molecule has 188 valence electrons. The van der Waals surface area contributed by atoms with Crippen molar-refractivity contribution in [2.45, 2.75) is 52.0 Å². The van der Waals surface area contributed by atoms with E-state index < -0.39 is 41.0 Å². The molecule has 0 aliphatic carbocycles. The lowest BCUT2D eigenvalue weighted by Gasteiger charge is -2.31. The van der Waals surface area contributed by atoms with E-state index in [-0.39, 0.29) is 0 Å². The van der Waals surface area contributed by atoms with Crippen LogP contribution in [0.25, 0.3) is 0 Å². The van der Waals surface area contributed by atoms with Gasteiger partial charge in [0.2, 0.25) is 0 Å². The van der Waals surface area contributed by atoms with Gasteiger partial charge in [-0.1, -0.05) is 27.0 Å². The zero-order valence-electron chi connectivity index (χ0n) is 21.1. The third-order valence-electron chi connectivity index (χ3n) is 4.43. The Kier molecular flexibility index (Phi) is 16.7. The molecule has 0 aliphatic rings. The van der Waals surface area contributed by atoms with Gasteiger partial charge < -0.3 is 36.0 Å². The zero-order valence-corrected chi connectivity index (χ0v) is 23.1. The van der Waals surface area contributed by atoms with Crippen LogP contribution in [0.1, 0.15) is 40.5 Å². The fourth-order valence-electron chi connectivity index (χ4n) is 2.56. The molecule has 0 aromatic rings. The normalized spacial score (nSPS) is 13.3. The lowest BCUT2D eigenvalue weighted by atomic mass is 10.4. The highest BCUT2D eigenvalue weighted by Gasteiger charge is 2.50. The van der Waals surface area contributed by atoms with E-state index in [1.807, 2.05) is 13.8 Å². The SMILES string of the molecule is C=C(C)C(=O)OC(CC)[Si](OC)(OC)OC.C=C(C)C(=O)OC(CC)[Si](OC)(OC)OC.